The van der Waals surface area contributed by atoms with Crippen molar-refractivity contribution in [3.8, 4) is 0 Å². The summed E-state index contributed by atoms with van der Waals surface area (Å²) in [5, 5.41) is 4.36. The Hall–Kier alpha value is -1.26. The number of carbonyl (C=O) groups is 1. The number of nitrogens with zero attached hydrogens (tertiary/aromatic N) is 1. The molecule has 0 spiro atoms. The Morgan fingerprint density at radius 2 is 2.20 bits per heavy atom. The van der Waals surface area contributed by atoms with Gasteiger partial charge in [0.1, 0.15) is 5.69 Å². The second-order valence-corrected chi connectivity index (χ2v) is 6.06. The molecule has 1 unspecified atom stereocenters. The summed E-state index contributed by atoms with van der Waals surface area (Å²) in [6, 6.07) is 9.29. The maximum absolute atomic E-state index is 12.2. The van der Waals surface area contributed by atoms with Crippen LogP contribution in [0.25, 0.3) is 10.9 Å². The van der Waals surface area contributed by atoms with Crippen molar-refractivity contribution in [3.63, 3.8) is 0 Å². The third-order valence-electron chi connectivity index (χ3n) is 3.03. The summed E-state index contributed by atoms with van der Waals surface area (Å²) in [5.74, 6) is 0.846. The first-order valence-corrected chi connectivity index (χ1v) is 8.24. The second kappa shape index (κ2) is 6.95. The van der Waals surface area contributed by atoms with E-state index in [4.69, 9.17) is 11.6 Å². The van der Waals surface area contributed by atoms with Crippen LogP contribution < -0.4 is 5.32 Å². The predicted molar refractivity (Wildman–Crippen MR) is 86.7 cm³/mol. The highest BCUT2D eigenvalue weighted by atomic mass is 35.5. The molecule has 1 aromatic heterocycles. The number of rotatable bonds is 5. The van der Waals surface area contributed by atoms with Gasteiger partial charge in [0.15, 0.2) is 0 Å². The van der Waals surface area contributed by atoms with Crippen molar-refractivity contribution in [2.24, 2.45) is 0 Å². The number of fused-ring (bicyclic) bond motifs is 1. The molecular weight excluding hydrogens is 292 g/mol. The lowest BCUT2D eigenvalue weighted by Crippen LogP contribution is -2.33. The van der Waals surface area contributed by atoms with Gasteiger partial charge in [0.05, 0.1) is 10.5 Å². The monoisotopic (exact) mass is 308 g/mol. The van der Waals surface area contributed by atoms with Crippen molar-refractivity contribution in [1.82, 2.24) is 10.3 Å². The predicted octanol–water partition coefficient (Wildman–Crippen LogP) is 3.76. The smallest absolute Gasteiger partial charge is 0.270 e. The summed E-state index contributed by atoms with van der Waals surface area (Å²) in [7, 11) is 0. The van der Waals surface area contributed by atoms with Crippen molar-refractivity contribution >= 4 is 40.2 Å². The molecule has 3 nitrogen and oxygen atoms in total. The largest absolute Gasteiger partial charge is 0.348 e. The first-order valence-electron chi connectivity index (χ1n) is 6.47. The number of hydrogen-bond acceptors (Lipinski definition) is 3. The van der Waals surface area contributed by atoms with Crippen molar-refractivity contribution in [2.45, 2.75) is 19.4 Å². The zero-order chi connectivity index (χ0) is 14.5. The van der Waals surface area contributed by atoms with E-state index in [0.717, 1.165) is 23.1 Å². The maximum Gasteiger partial charge on any atom is 0.270 e. The standard InChI is InChI=1S/C15H17ClN2OS/c1-10(7-8-20-2)17-15(19)14-9-12(16)11-5-3-4-6-13(11)18-14/h3-6,9-10H,7-8H2,1-2H3,(H,17,19). The number of carbonyl (C=O) groups excluding carboxylic acids is 1. The summed E-state index contributed by atoms with van der Waals surface area (Å²) in [6.07, 6.45) is 2.99. The average molecular weight is 309 g/mol. The Morgan fingerprint density at radius 1 is 1.45 bits per heavy atom. The number of halogens is 1. The molecule has 2 aromatic rings. The van der Waals surface area contributed by atoms with Gasteiger partial charge < -0.3 is 5.32 Å². The molecule has 0 fully saturated rings. The number of benzene rings is 1. The van der Waals surface area contributed by atoms with Crippen LogP contribution in [0.1, 0.15) is 23.8 Å². The lowest BCUT2D eigenvalue weighted by Gasteiger charge is -2.13. The van der Waals surface area contributed by atoms with Gasteiger partial charge >= 0.3 is 0 Å². The summed E-state index contributed by atoms with van der Waals surface area (Å²) >= 11 is 7.97. The molecule has 0 aliphatic carbocycles. The quantitative estimate of drug-likeness (QED) is 0.914. The SMILES string of the molecule is CSCCC(C)NC(=O)c1cc(Cl)c2ccccc2n1. The number of para-hydroxylation sites is 1. The third-order valence-corrected chi connectivity index (χ3v) is 3.99. The first-order chi connectivity index (χ1) is 9.61. The number of amides is 1. The van der Waals surface area contributed by atoms with Gasteiger partial charge in [-0.1, -0.05) is 29.8 Å². The van der Waals surface area contributed by atoms with E-state index >= 15 is 0 Å². The molecule has 0 saturated carbocycles. The average Bonchev–Trinajstić information content (AvgIpc) is 2.45. The molecule has 0 saturated heterocycles. The Kier molecular flexibility index (Phi) is 5.26. The molecule has 0 aliphatic heterocycles. The zero-order valence-electron chi connectivity index (χ0n) is 11.5. The summed E-state index contributed by atoms with van der Waals surface area (Å²) in [5.41, 5.74) is 1.10. The molecule has 1 aromatic carbocycles. The Bertz CT molecular complexity index is 618. The lowest BCUT2D eigenvalue weighted by molar-refractivity contribution is 0.0935. The minimum Gasteiger partial charge on any atom is -0.348 e. The third kappa shape index (κ3) is 3.64. The van der Waals surface area contributed by atoms with Crippen LogP contribution in [0.15, 0.2) is 30.3 Å². The van der Waals surface area contributed by atoms with Crippen molar-refractivity contribution in [3.05, 3.63) is 41.0 Å². The normalized spacial score (nSPS) is 12.3. The highest BCUT2D eigenvalue weighted by molar-refractivity contribution is 7.98. The molecular formula is C15H17ClN2OS. The number of nitrogens with one attached hydrogen (secondary N) is 1. The molecule has 0 radical (unpaired) electrons. The van der Waals surface area contributed by atoms with E-state index in [2.05, 4.69) is 16.6 Å². The van der Waals surface area contributed by atoms with E-state index in [9.17, 15) is 4.79 Å². The molecule has 106 valence electrons. The van der Waals surface area contributed by atoms with Crippen molar-refractivity contribution < 1.29 is 4.79 Å². The Labute approximate surface area is 128 Å². The molecule has 20 heavy (non-hydrogen) atoms. The molecule has 1 amide bonds. The van der Waals surface area contributed by atoms with E-state index in [1.54, 1.807) is 17.8 Å². The minimum atomic E-state index is -0.175. The molecule has 2 rings (SSSR count). The summed E-state index contributed by atoms with van der Waals surface area (Å²) < 4.78 is 0. The van der Waals surface area contributed by atoms with Crippen LogP contribution in [0.2, 0.25) is 5.02 Å². The summed E-state index contributed by atoms with van der Waals surface area (Å²) in [6.45, 7) is 2.00. The van der Waals surface area contributed by atoms with Crippen LogP contribution in [0.3, 0.4) is 0 Å². The van der Waals surface area contributed by atoms with Gasteiger partial charge in [0.2, 0.25) is 0 Å². The Morgan fingerprint density at radius 3 is 2.95 bits per heavy atom. The Balaban J connectivity index is 2.18. The van der Waals surface area contributed by atoms with Gasteiger partial charge in [-0.3, -0.25) is 4.79 Å². The molecule has 1 heterocycles. The van der Waals surface area contributed by atoms with E-state index in [-0.39, 0.29) is 11.9 Å². The van der Waals surface area contributed by atoms with Crippen LogP contribution in [0, 0.1) is 0 Å². The molecule has 0 aliphatic rings. The lowest BCUT2D eigenvalue weighted by atomic mass is 10.2. The number of aromatic nitrogens is 1. The number of hydrogen-bond donors (Lipinski definition) is 1. The van der Waals surface area contributed by atoms with Gasteiger partial charge in [-0.15, -0.1) is 0 Å². The molecule has 1 N–H and O–H groups in total. The van der Waals surface area contributed by atoms with E-state index in [1.807, 2.05) is 31.2 Å². The van der Waals surface area contributed by atoms with Crippen LogP contribution >= 0.6 is 23.4 Å². The van der Waals surface area contributed by atoms with Crippen molar-refractivity contribution in [1.29, 1.82) is 0 Å². The van der Waals surface area contributed by atoms with Gasteiger partial charge in [-0.25, -0.2) is 4.98 Å². The van der Waals surface area contributed by atoms with Crippen LogP contribution in [-0.2, 0) is 0 Å². The van der Waals surface area contributed by atoms with E-state index < -0.39 is 0 Å². The fourth-order valence-corrected chi connectivity index (χ4v) is 2.77. The van der Waals surface area contributed by atoms with Gasteiger partial charge in [0.25, 0.3) is 5.91 Å². The van der Waals surface area contributed by atoms with E-state index in [0.29, 0.717) is 10.7 Å². The fourth-order valence-electron chi connectivity index (χ4n) is 1.91. The minimum absolute atomic E-state index is 0.127. The summed E-state index contributed by atoms with van der Waals surface area (Å²) in [4.78, 5) is 16.5. The van der Waals surface area contributed by atoms with Crippen LogP contribution in [-0.4, -0.2) is 28.9 Å². The van der Waals surface area contributed by atoms with Gasteiger partial charge in [-0.05, 0) is 37.5 Å². The molecule has 1 atom stereocenters. The second-order valence-electron chi connectivity index (χ2n) is 4.66. The van der Waals surface area contributed by atoms with E-state index in [1.165, 1.54) is 0 Å². The number of thioether (sulfide) groups is 1. The van der Waals surface area contributed by atoms with Gasteiger partial charge in [-0.2, -0.15) is 11.8 Å². The number of pyridine rings is 1. The van der Waals surface area contributed by atoms with Crippen molar-refractivity contribution in [2.75, 3.05) is 12.0 Å². The highest BCUT2D eigenvalue weighted by Crippen LogP contribution is 2.22. The molecule has 5 heteroatoms. The highest BCUT2D eigenvalue weighted by Gasteiger charge is 2.13. The van der Waals surface area contributed by atoms with Gasteiger partial charge in [0, 0.05) is 11.4 Å². The molecule has 0 bridgehead atoms. The van der Waals surface area contributed by atoms with Crippen LogP contribution in [0.5, 0.6) is 0 Å². The fraction of sp³-hybridized carbons (Fsp3) is 0.333. The topological polar surface area (TPSA) is 42.0 Å². The zero-order valence-corrected chi connectivity index (χ0v) is 13.1. The maximum atomic E-state index is 12.2. The van der Waals surface area contributed by atoms with Crippen LogP contribution in [0.4, 0.5) is 0 Å². The first kappa shape index (κ1) is 15.1.